The first kappa shape index (κ1) is 28.9. The Morgan fingerprint density at radius 2 is 1.42 bits per heavy atom. The number of hydrogen-bond acceptors (Lipinski definition) is 4. The molecule has 1 N–H and O–H groups in total. The molecule has 8 heteroatoms. The van der Waals surface area contributed by atoms with Crippen molar-refractivity contribution < 1.29 is 18.0 Å². The van der Waals surface area contributed by atoms with E-state index in [-0.39, 0.29) is 23.3 Å². The van der Waals surface area contributed by atoms with Crippen molar-refractivity contribution in [2.45, 2.75) is 45.1 Å². The zero-order chi connectivity index (χ0) is 27.7. The Morgan fingerprint density at radius 1 is 0.842 bits per heavy atom. The number of carbonyl (C=O) groups is 2. The van der Waals surface area contributed by atoms with Crippen LogP contribution in [0.4, 0.5) is 5.69 Å². The molecule has 0 bridgehead atoms. The number of nitrogens with zero attached hydrogens (tertiary/aromatic N) is 2. The molecule has 0 aromatic heterocycles. The molecule has 3 aromatic rings. The van der Waals surface area contributed by atoms with Crippen molar-refractivity contribution >= 4 is 27.5 Å². The van der Waals surface area contributed by atoms with E-state index < -0.39 is 28.5 Å². The van der Waals surface area contributed by atoms with Gasteiger partial charge in [-0.3, -0.25) is 13.9 Å². The number of benzene rings is 3. The fourth-order valence-corrected chi connectivity index (χ4v) is 5.40. The first-order valence-corrected chi connectivity index (χ1v) is 14.3. The molecule has 0 saturated heterocycles. The summed E-state index contributed by atoms with van der Waals surface area (Å²) in [7, 11) is -4.05. The minimum Gasteiger partial charge on any atom is -0.354 e. The van der Waals surface area contributed by atoms with Crippen LogP contribution in [0.3, 0.4) is 0 Å². The Bertz CT molecular complexity index is 1290. The van der Waals surface area contributed by atoms with Crippen LogP contribution in [0, 0.1) is 12.8 Å². The predicted molar refractivity (Wildman–Crippen MR) is 151 cm³/mol. The second kappa shape index (κ2) is 13.2. The smallest absolute Gasteiger partial charge is 0.264 e. The summed E-state index contributed by atoms with van der Waals surface area (Å²) < 4.78 is 28.6. The number of rotatable bonds is 12. The summed E-state index contributed by atoms with van der Waals surface area (Å²) in [5.41, 5.74) is 2.33. The lowest BCUT2D eigenvalue weighted by atomic mass is 10.1. The van der Waals surface area contributed by atoms with E-state index in [9.17, 15) is 18.0 Å². The number of aryl methyl sites for hydroxylation is 1. The van der Waals surface area contributed by atoms with Gasteiger partial charge in [0.25, 0.3) is 10.0 Å². The summed E-state index contributed by atoms with van der Waals surface area (Å²) in [4.78, 5) is 28.3. The Kier molecular flexibility index (Phi) is 10.1. The van der Waals surface area contributed by atoms with Crippen LogP contribution in [0.5, 0.6) is 0 Å². The highest BCUT2D eigenvalue weighted by molar-refractivity contribution is 7.92. The van der Waals surface area contributed by atoms with E-state index in [1.54, 1.807) is 61.5 Å². The van der Waals surface area contributed by atoms with Crippen LogP contribution in [0.1, 0.15) is 31.9 Å². The summed E-state index contributed by atoms with van der Waals surface area (Å²) >= 11 is 0. The van der Waals surface area contributed by atoms with Crippen LogP contribution in [0.15, 0.2) is 89.8 Å². The number of amides is 2. The minimum atomic E-state index is -4.05. The fraction of sp³-hybridized carbons (Fsp3) is 0.333. The molecular formula is C30H37N3O4S. The molecule has 7 nitrogen and oxygen atoms in total. The van der Waals surface area contributed by atoms with Gasteiger partial charge in [-0.25, -0.2) is 8.42 Å². The fourth-order valence-electron chi connectivity index (χ4n) is 3.98. The maximum absolute atomic E-state index is 13.8. The van der Waals surface area contributed by atoms with E-state index in [0.29, 0.717) is 18.7 Å². The number of para-hydroxylation sites is 1. The molecule has 0 aliphatic heterocycles. The highest BCUT2D eigenvalue weighted by Crippen LogP contribution is 2.24. The lowest BCUT2D eigenvalue weighted by Gasteiger charge is -2.32. The summed E-state index contributed by atoms with van der Waals surface area (Å²) in [6.07, 6.45) is 0.532. The van der Waals surface area contributed by atoms with Gasteiger partial charge in [-0.1, -0.05) is 80.1 Å². The molecule has 0 aliphatic rings. The first-order chi connectivity index (χ1) is 18.1. The molecule has 2 amide bonds. The van der Waals surface area contributed by atoms with Gasteiger partial charge in [0.1, 0.15) is 12.6 Å². The molecule has 0 fully saturated rings. The summed E-state index contributed by atoms with van der Waals surface area (Å²) in [5, 5.41) is 2.90. The summed E-state index contributed by atoms with van der Waals surface area (Å²) in [6.45, 7) is 7.88. The lowest BCUT2D eigenvalue weighted by molar-refractivity contribution is -0.138. The monoisotopic (exact) mass is 535 g/mol. The zero-order valence-corrected chi connectivity index (χ0v) is 23.3. The van der Waals surface area contributed by atoms with E-state index in [1.807, 2.05) is 51.1 Å². The van der Waals surface area contributed by atoms with Crippen LogP contribution < -0.4 is 9.62 Å². The van der Waals surface area contributed by atoms with Crippen molar-refractivity contribution in [2.75, 3.05) is 23.9 Å². The molecule has 1 atom stereocenters. The van der Waals surface area contributed by atoms with E-state index in [4.69, 9.17) is 0 Å². The standard InChI is InChI=1S/C30H37N3O4S/c1-23(2)21-31-30(35)25(4)32(20-19-26-11-7-5-8-12-26)29(34)22-33(27-13-9-6-10-14-27)38(36,37)28-17-15-24(3)16-18-28/h5-18,23,25H,19-22H2,1-4H3,(H,31,35). The van der Waals surface area contributed by atoms with E-state index in [0.717, 1.165) is 15.4 Å². The summed E-state index contributed by atoms with van der Waals surface area (Å²) in [6, 6.07) is 24.0. The molecule has 1 unspecified atom stereocenters. The van der Waals surface area contributed by atoms with Crippen LogP contribution in [0.2, 0.25) is 0 Å². The van der Waals surface area contributed by atoms with Crippen molar-refractivity contribution in [3.05, 3.63) is 96.1 Å². The topological polar surface area (TPSA) is 86.8 Å². The highest BCUT2D eigenvalue weighted by Gasteiger charge is 2.32. The molecule has 38 heavy (non-hydrogen) atoms. The molecule has 202 valence electrons. The second-order valence-corrected chi connectivity index (χ2v) is 11.7. The first-order valence-electron chi connectivity index (χ1n) is 12.8. The zero-order valence-electron chi connectivity index (χ0n) is 22.5. The Labute approximate surface area is 226 Å². The third-order valence-electron chi connectivity index (χ3n) is 6.27. The summed E-state index contributed by atoms with van der Waals surface area (Å²) in [5.74, 6) is -0.465. The van der Waals surface area contributed by atoms with Crippen molar-refractivity contribution in [1.29, 1.82) is 0 Å². The lowest BCUT2D eigenvalue weighted by Crippen LogP contribution is -2.52. The van der Waals surface area contributed by atoms with Gasteiger partial charge in [0.2, 0.25) is 11.8 Å². The number of hydrogen-bond donors (Lipinski definition) is 1. The number of anilines is 1. The Hall–Kier alpha value is -3.65. The molecule has 0 radical (unpaired) electrons. The number of carbonyl (C=O) groups excluding carboxylic acids is 2. The molecule has 0 aliphatic carbocycles. The maximum atomic E-state index is 13.8. The van der Waals surface area contributed by atoms with Crippen molar-refractivity contribution in [2.24, 2.45) is 5.92 Å². The third-order valence-corrected chi connectivity index (χ3v) is 8.06. The van der Waals surface area contributed by atoms with Crippen molar-refractivity contribution in [3.8, 4) is 0 Å². The SMILES string of the molecule is Cc1ccc(S(=O)(=O)N(CC(=O)N(CCc2ccccc2)C(C)C(=O)NCC(C)C)c2ccccc2)cc1. The van der Waals surface area contributed by atoms with Gasteiger partial charge >= 0.3 is 0 Å². The predicted octanol–water partition coefficient (Wildman–Crippen LogP) is 4.42. The van der Waals surface area contributed by atoms with Gasteiger partial charge in [0.15, 0.2) is 0 Å². The van der Waals surface area contributed by atoms with E-state index in [2.05, 4.69) is 5.32 Å². The van der Waals surface area contributed by atoms with Gasteiger partial charge in [-0.05, 0) is 56.0 Å². The van der Waals surface area contributed by atoms with Crippen LogP contribution in [-0.4, -0.2) is 50.8 Å². The Balaban J connectivity index is 1.93. The normalized spacial score (nSPS) is 12.1. The van der Waals surface area contributed by atoms with Gasteiger partial charge in [0.05, 0.1) is 10.6 Å². The maximum Gasteiger partial charge on any atom is 0.264 e. The van der Waals surface area contributed by atoms with E-state index >= 15 is 0 Å². The number of nitrogens with one attached hydrogen (secondary N) is 1. The average Bonchev–Trinajstić information content (AvgIpc) is 2.91. The largest absolute Gasteiger partial charge is 0.354 e. The molecule has 3 rings (SSSR count). The van der Waals surface area contributed by atoms with E-state index in [1.165, 1.54) is 4.90 Å². The van der Waals surface area contributed by atoms with Crippen molar-refractivity contribution in [3.63, 3.8) is 0 Å². The van der Waals surface area contributed by atoms with Gasteiger partial charge < -0.3 is 10.2 Å². The molecule has 0 heterocycles. The highest BCUT2D eigenvalue weighted by atomic mass is 32.2. The Morgan fingerprint density at radius 3 is 2.00 bits per heavy atom. The van der Waals surface area contributed by atoms with Crippen LogP contribution in [-0.2, 0) is 26.0 Å². The minimum absolute atomic E-state index is 0.0957. The molecular weight excluding hydrogens is 498 g/mol. The average molecular weight is 536 g/mol. The quantitative estimate of drug-likeness (QED) is 0.372. The van der Waals surface area contributed by atoms with Crippen LogP contribution >= 0.6 is 0 Å². The number of sulfonamides is 1. The van der Waals surface area contributed by atoms with Gasteiger partial charge in [0, 0.05) is 13.1 Å². The molecule has 0 spiro atoms. The second-order valence-electron chi connectivity index (χ2n) is 9.80. The van der Waals surface area contributed by atoms with Crippen LogP contribution in [0.25, 0.3) is 0 Å². The molecule has 3 aromatic carbocycles. The van der Waals surface area contributed by atoms with Gasteiger partial charge in [-0.2, -0.15) is 0 Å². The van der Waals surface area contributed by atoms with Gasteiger partial charge in [-0.15, -0.1) is 0 Å². The molecule has 0 saturated carbocycles. The third kappa shape index (κ3) is 7.68. The van der Waals surface area contributed by atoms with Crippen molar-refractivity contribution in [1.82, 2.24) is 10.2 Å².